The molecule has 0 radical (unpaired) electrons. The number of carbonyl (C=O) groups is 1. The monoisotopic (exact) mass is 275 g/mol. The smallest absolute Gasteiger partial charge is 0.232 e. The van der Waals surface area contributed by atoms with Gasteiger partial charge in [-0.15, -0.1) is 10.2 Å². The molecule has 18 heavy (non-hydrogen) atoms. The first kappa shape index (κ1) is 11.3. The van der Waals surface area contributed by atoms with E-state index in [0.29, 0.717) is 21.6 Å². The van der Waals surface area contributed by atoms with Crippen LogP contribution in [0, 0.1) is 0 Å². The maximum atomic E-state index is 12.0. The summed E-state index contributed by atoms with van der Waals surface area (Å²) < 4.78 is 0. The Kier molecular flexibility index (Phi) is 2.77. The molecule has 0 aliphatic carbocycles. The summed E-state index contributed by atoms with van der Waals surface area (Å²) in [5.41, 5.74) is 1.76. The molecule has 0 amide bonds. The van der Waals surface area contributed by atoms with E-state index in [9.17, 15) is 4.79 Å². The van der Waals surface area contributed by atoms with Crippen molar-refractivity contribution in [3.63, 3.8) is 0 Å². The SMILES string of the molecule is O=C(c1ccsc1)c1nnc2cc(Cl)ccc2n1. The van der Waals surface area contributed by atoms with Crippen LogP contribution in [0.3, 0.4) is 0 Å². The van der Waals surface area contributed by atoms with Gasteiger partial charge in [-0.2, -0.15) is 11.3 Å². The second-order valence-electron chi connectivity index (χ2n) is 3.61. The number of nitrogens with zero attached hydrogens (tertiary/aromatic N) is 3. The molecule has 3 rings (SSSR count). The molecule has 0 saturated carbocycles. The van der Waals surface area contributed by atoms with Crippen molar-refractivity contribution in [3.8, 4) is 0 Å². The fourth-order valence-electron chi connectivity index (χ4n) is 1.53. The lowest BCUT2D eigenvalue weighted by molar-refractivity contribution is 0.102. The van der Waals surface area contributed by atoms with Gasteiger partial charge in [-0.1, -0.05) is 11.6 Å². The van der Waals surface area contributed by atoms with E-state index in [0.717, 1.165) is 0 Å². The molecule has 0 saturated heterocycles. The van der Waals surface area contributed by atoms with Crippen LogP contribution in [-0.4, -0.2) is 21.0 Å². The molecular formula is C12H6ClN3OS. The molecule has 6 heteroatoms. The summed E-state index contributed by atoms with van der Waals surface area (Å²) in [4.78, 5) is 16.2. The molecule has 0 bridgehead atoms. The molecule has 0 atom stereocenters. The number of halogens is 1. The summed E-state index contributed by atoms with van der Waals surface area (Å²) in [5.74, 6) is -0.121. The number of benzene rings is 1. The molecule has 3 aromatic rings. The highest BCUT2D eigenvalue weighted by Crippen LogP contribution is 2.16. The highest BCUT2D eigenvalue weighted by molar-refractivity contribution is 7.08. The van der Waals surface area contributed by atoms with Gasteiger partial charge >= 0.3 is 0 Å². The van der Waals surface area contributed by atoms with Gasteiger partial charge in [-0.25, -0.2) is 4.98 Å². The molecule has 0 spiro atoms. The van der Waals surface area contributed by atoms with Crippen molar-refractivity contribution in [1.82, 2.24) is 15.2 Å². The van der Waals surface area contributed by atoms with E-state index >= 15 is 0 Å². The van der Waals surface area contributed by atoms with Crippen LogP contribution in [0.1, 0.15) is 16.2 Å². The van der Waals surface area contributed by atoms with Crippen LogP contribution in [0.5, 0.6) is 0 Å². The van der Waals surface area contributed by atoms with Gasteiger partial charge in [0, 0.05) is 16.0 Å². The van der Waals surface area contributed by atoms with Crippen molar-refractivity contribution in [2.45, 2.75) is 0 Å². The molecule has 0 unspecified atom stereocenters. The Morgan fingerprint density at radius 2 is 2.06 bits per heavy atom. The van der Waals surface area contributed by atoms with E-state index in [-0.39, 0.29) is 11.6 Å². The number of rotatable bonds is 2. The van der Waals surface area contributed by atoms with Gasteiger partial charge in [0.1, 0.15) is 5.52 Å². The first-order valence-corrected chi connectivity index (χ1v) is 6.43. The number of hydrogen-bond acceptors (Lipinski definition) is 5. The van der Waals surface area contributed by atoms with Crippen molar-refractivity contribution in [1.29, 1.82) is 0 Å². The molecule has 88 valence electrons. The van der Waals surface area contributed by atoms with Gasteiger partial charge in [-0.3, -0.25) is 4.79 Å². The van der Waals surface area contributed by atoms with Crippen LogP contribution < -0.4 is 0 Å². The molecule has 0 N–H and O–H groups in total. The van der Waals surface area contributed by atoms with E-state index in [1.165, 1.54) is 11.3 Å². The average molecular weight is 276 g/mol. The predicted octanol–water partition coefficient (Wildman–Crippen LogP) is 2.97. The van der Waals surface area contributed by atoms with Gasteiger partial charge in [0.25, 0.3) is 0 Å². The van der Waals surface area contributed by atoms with Crippen LogP contribution in [0.2, 0.25) is 5.02 Å². The highest BCUT2D eigenvalue weighted by atomic mass is 35.5. The Morgan fingerprint density at radius 1 is 1.17 bits per heavy atom. The number of thiophene rings is 1. The Morgan fingerprint density at radius 3 is 2.83 bits per heavy atom. The lowest BCUT2D eigenvalue weighted by Gasteiger charge is -1.99. The van der Waals surface area contributed by atoms with Crippen molar-refractivity contribution in [3.05, 3.63) is 51.4 Å². The van der Waals surface area contributed by atoms with E-state index in [1.807, 2.05) is 5.38 Å². The third-order valence-corrected chi connectivity index (χ3v) is 3.32. The van der Waals surface area contributed by atoms with Crippen LogP contribution in [0.4, 0.5) is 0 Å². The normalized spacial score (nSPS) is 10.7. The van der Waals surface area contributed by atoms with Crippen molar-refractivity contribution in [2.24, 2.45) is 0 Å². The van der Waals surface area contributed by atoms with Gasteiger partial charge in [0.15, 0.2) is 0 Å². The van der Waals surface area contributed by atoms with Gasteiger partial charge in [-0.05, 0) is 29.6 Å². The molecule has 2 aromatic heterocycles. The van der Waals surface area contributed by atoms with Crippen LogP contribution in [0.25, 0.3) is 11.0 Å². The Balaban J connectivity index is 2.09. The minimum absolute atomic E-state index is 0.100. The maximum Gasteiger partial charge on any atom is 0.232 e. The van der Waals surface area contributed by atoms with Crippen LogP contribution in [0.15, 0.2) is 35.0 Å². The fraction of sp³-hybridized carbons (Fsp3) is 0. The van der Waals surface area contributed by atoms with Crippen molar-refractivity contribution in [2.75, 3.05) is 0 Å². The second-order valence-corrected chi connectivity index (χ2v) is 4.83. The lowest BCUT2D eigenvalue weighted by atomic mass is 10.2. The number of carbonyl (C=O) groups excluding carboxylic acids is 1. The molecule has 0 aliphatic heterocycles. The summed E-state index contributed by atoms with van der Waals surface area (Å²) in [7, 11) is 0. The molecule has 0 fully saturated rings. The zero-order chi connectivity index (χ0) is 12.5. The largest absolute Gasteiger partial charge is 0.285 e. The summed E-state index contributed by atoms with van der Waals surface area (Å²) in [6.45, 7) is 0. The van der Waals surface area contributed by atoms with Crippen LogP contribution >= 0.6 is 22.9 Å². The number of fused-ring (bicyclic) bond motifs is 1. The highest BCUT2D eigenvalue weighted by Gasteiger charge is 2.14. The fourth-order valence-corrected chi connectivity index (χ4v) is 2.33. The molecule has 2 heterocycles. The summed E-state index contributed by atoms with van der Waals surface area (Å²) in [6.07, 6.45) is 0. The third-order valence-electron chi connectivity index (χ3n) is 2.40. The second kappa shape index (κ2) is 4.44. The average Bonchev–Trinajstić information content (AvgIpc) is 2.91. The quantitative estimate of drug-likeness (QED) is 0.675. The number of hydrogen-bond donors (Lipinski definition) is 0. The summed E-state index contributed by atoms with van der Waals surface area (Å²) in [6, 6.07) is 6.83. The molecular weight excluding hydrogens is 270 g/mol. The molecule has 0 aliphatic rings. The zero-order valence-electron chi connectivity index (χ0n) is 9.00. The first-order valence-electron chi connectivity index (χ1n) is 5.11. The van der Waals surface area contributed by atoms with E-state index in [1.54, 1.807) is 29.6 Å². The third kappa shape index (κ3) is 1.98. The molecule has 1 aromatic carbocycles. The zero-order valence-corrected chi connectivity index (χ0v) is 10.6. The topological polar surface area (TPSA) is 55.7 Å². The Labute approximate surface area is 111 Å². The Hall–Kier alpha value is -1.85. The molecule has 4 nitrogen and oxygen atoms in total. The summed E-state index contributed by atoms with van der Waals surface area (Å²) >= 11 is 7.30. The van der Waals surface area contributed by atoms with E-state index in [2.05, 4.69) is 15.2 Å². The minimum Gasteiger partial charge on any atom is -0.285 e. The Bertz CT molecular complexity index is 727. The predicted molar refractivity (Wildman–Crippen MR) is 70.1 cm³/mol. The van der Waals surface area contributed by atoms with Crippen molar-refractivity contribution < 1.29 is 4.79 Å². The van der Waals surface area contributed by atoms with Gasteiger partial charge in [0.2, 0.25) is 11.6 Å². The van der Waals surface area contributed by atoms with Gasteiger partial charge in [0.05, 0.1) is 5.52 Å². The maximum absolute atomic E-state index is 12.0. The van der Waals surface area contributed by atoms with E-state index < -0.39 is 0 Å². The number of ketones is 1. The number of aromatic nitrogens is 3. The summed E-state index contributed by atoms with van der Waals surface area (Å²) in [5, 5.41) is 12.0. The van der Waals surface area contributed by atoms with Gasteiger partial charge < -0.3 is 0 Å². The minimum atomic E-state index is -0.222. The van der Waals surface area contributed by atoms with Crippen LogP contribution in [-0.2, 0) is 0 Å². The lowest BCUT2D eigenvalue weighted by Crippen LogP contribution is -2.07. The standard InChI is InChI=1S/C12H6ClN3OS/c13-8-1-2-9-10(5-8)15-16-12(14-9)11(17)7-3-4-18-6-7/h1-6H. The first-order chi connectivity index (χ1) is 8.74. The van der Waals surface area contributed by atoms with E-state index in [4.69, 9.17) is 11.6 Å². The van der Waals surface area contributed by atoms with Crippen molar-refractivity contribution >= 4 is 39.8 Å².